The molecule has 0 aromatic heterocycles. The lowest BCUT2D eigenvalue weighted by atomic mass is 10.1. The number of carbonyl (C=O) groups is 2. The number of nitrogens with one attached hydrogen (secondary N) is 1. The molecule has 1 amide bonds. The molecule has 1 unspecified atom stereocenters. The SMILES string of the molecule is CC(=O)NCCN(C(C)C(=O)O)S(=O)(=O)c1ccc2ccccc2c1. The summed E-state index contributed by atoms with van der Waals surface area (Å²) in [6, 6.07) is 10.7. The quantitative estimate of drug-likeness (QED) is 0.774. The van der Waals surface area contributed by atoms with Crippen molar-refractivity contribution in [1.82, 2.24) is 9.62 Å². The van der Waals surface area contributed by atoms with Gasteiger partial charge in [-0.1, -0.05) is 30.3 Å². The van der Waals surface area contributed by atoms with Crippen LogP contribution in [0.2, 0.25) is 0 Å². The minimum Gasteiger partial charge on any atom is -0.480 e. The molecule has 134 valence electrons. The van der Waals surface area contributed by atoms with Gasteiger partial charge in [-0.3, -0.25) is 9.59 Å². The average molecular weight is 364 g/mol. The number of benzene rings is 2. The van der Waals surface area contributed by atoms with Crippen LogP contribution in [0.3, 0.4) is 0 Å². The number of nitrogens with zero attached hydrogens (tertiary/aromatic N) is 1. The summed E-state index contributed by atoms with van der Waals surface area (Å²) in [5.41, 5.74) is 0. The monoisotopic (exact) mass is 364 g/mol. The number of fused-ring (bicyclic) bond motifs is 1. The largest absolute Gasteiger partial charge is 0.480 e. The van der Waals surface area contributed by atoms with E-state index in [9.17, 15) is 23.1 Å². The third-order valence-corrected chi connectivity index (χ3v) is 5.79. The zero-order valence-electron chi connectivity index (χ0n) is 14.0. The molecule has 0 spiro atoms. The molecule has 0 saturated heterocycles. The second kappa shape index (κ2) is 7.62. The van der Waals surface area contributed by atoms with E-state index in [1.54, 1.807) is 18.2 Å². The van der Waals surface area contributed by atoms with E-state index in [0.29, 0.717) is 0 Å². The highest BCUT2D eigenvalue weighted by Crippen LogP contribution is 2.23. The average Bonchev–Trinajstić information content (AvgIpc) is 2.57. The van der Waals surface area contributed by atoms with Gasteiger partial charge in [0.1, 0.15) is 6.04 Å². The van der Waals surface area contributed by atoms with Crippen molar-refractivity contribution in [2.24, 2.45) is 0 Å². The maximum absolute atomic E-state index is 12.9. The third-order valence-electron chi connectivity index (χ3n) is 3.82. The molecule has 0 aliphatic heterocycles. The van der Waals surface area contributed by atoms with Gasteiger partial charge in [0.05, 0.1) is 4.90 Å². The van der Waals surface area contributed by atoms with Crippen molar-refractivity contribution in [2.45, 2.75) is 24.8 Å². The van der Waals surface area contributed by atoms with Gasteiger partial charge in [0.2, 0.25) is 15.9 Å². The Morgan fingerprint density at radius 3 is 2.40 bits per heavy atom. The maximum atomic E-state index is 12.9. The van der Waals surface area contributed by atoms with Gasteiger partial charge in [-0.2, -0.15) is 4.31 Å². The molecule has 0 heterocycles. The molecule has 0 radical (unpaired) electrons. The van der Waals surface area contributed by atoms with Crippen molar-refractivity contribution < 1.29 is 23.1 Å². The van der Waals surface area contributed by atoms with Gasteiger partial charge in [0.25, 0.3) is 0 Å². The molecule has 0 saturated carbocycles. The summed E-state index contributed by atoms with van der Waals surface area (Å²) in [5.74, 6) is -1.57. The number of hydrogen-bond donors (Lipinski definition) is 2. The van der Waals surface area contributed by atoms with E-state index in [4.69, 9.17) is 0 Å². The number of carboxylic acid groups (broad SMARTS) is 1. The first-order chi connectivity index (χ1) is 11.7. The Labute approximate surface area is 146 Å². The maximum Gasteiger partial charge on any atom is 0.321 e. The summed E-state index contributed by atoms with van der Waals surface area (Å²) in [6.07, 6.45) is 0. The predicted octanol–water partition coefficient (Wildman–Crippen LogP) is 1.44. The van der Waals surface area contributed by atoms with Crippen LogP contribution in [-0.2, 0) is 19.6 Å². The molecular formula is C17H20N2O5S. The van der Waals surface area contributed by atoms with Gasteiger partial charge in [0.15, 0.2) is 0 Å². The van der Waals surface area contributed by atoms with E-state index < -0.39 is 22.0 Å². The van der Waals surface area contributed by atoms with E-state index in [1.165, 1.54) is 26.0 Å². The zero-order chi connectivity index (χ0) is 18.6. The molecule has 0 bridgehead atoms. The van der Waals surface area contributed by atoms with E-state index in [-0.39, 0.29) is 23.9 Å². The molecule has 0 aliphatic carbocycles. The highest BCUT2D eigenvalue weighted by molar-refractivity contribution is 7.89. The summed E-state index contributed by atoms with van der Waals surface area (Å²) in [7, 11) is -4.03. The van der Waals surface area contributed by atoms with Gasteiger partial charge < -0.3 is 10.4 Å². The second-order valence-corrected chi connectivity index (χ2v) is 7.51. The summed E-state index contributed by atoms with van der Waals surface area (Å²) in [5, 5.41) is 13.4. The molecule has 7 nitrogen and oxygen atoms in total. The van der Waals surface area contributed by atoms with Crippen molar-refractivity contribution in [3.05, 3.63) is 42.5 Å². The number of sulfonamides is 1. The van der Waals surface area contributed by atoms with Crippen LogP contribution in [0, 0.1) is 0 Å². The van der Waals surface area contributed by atoms with E-state index >= 15 is 0 Å². The first-order valence-electron chi connectivity index (χ1n) is 7.71. The van der Waals surface area contributed by atoms with Gasteiger partial charge in [-0.05, 0) is 29.8 Å². The van der Waals surface area contributed by atoms with Crippen LogP contribution >= 0.6 is 0 Å². The summed E-state index contributed by atoms with van der Waals surface area (Å²) in [6.45, 7) is 2.50. The molecule has 2 rings (SSSR count). The highest BCUT2D eigenvalue weighted by Gasteiger charge is 2.32. The fraction of sp³-hybridized carbons (Fsp3) is 0.294. The van der Waals surface area contributed by atoms with Crippen molar-refractivity contribution in [1.29, 1.82) is 0 Å². The fourth-order valence-corrected chi connectivity index (χ4v) is 4.08. The minimum atomic E-state index is -4.03. The lowest BCUT2D eigenvalue weighted by molar-refractivity contribution is -0.140. The number of hydrogen-bond acceptors (Lipinski definition) is 4. The lowest BCUT2D eigenvalue weighted by Gasteiger charge is -2.26. The van der Waals surface area contributed by atoms with E-state index in [2.05, 4.69) is 5.32 Å². The first kappa shape index (κ1) is 18.9. The number of amides is 1. The Bertz CT molecular complexity index is 895. The number of aliphatic carboxylic acids is 1. The Balaban J connectivity index is 2.40. The van der Waals surface area contributed by atoms with Gasteiger partial charge in [-0.15, -0.1) is 0 Å². The van der Waals surface area contributed by atoms with Gasteiger partial charge in [0, 0.05) is 20.0 Å². The number of carbonyl (C=O) groups excluding carboxylic acids is 1. The van der Waals surface area contributed by atoms with Gasteiger partial charge >= 0.3 is 5.97 Å². The Morgan fingerprint density at radius 1 is 1.16 bits per heavy atom. The normalized spacial score (nSPS) is 12.9. The predicted molar refractivity (Wildman–Crippen MR) is 93.6 cm³/mol. The smallest absolute Gasteiger partial charge is 0.321 e. The second-order valence-electron chi connectivity index (χ2n) is 5.62. The van der Waals surface area contributed by atoms with Crippen molar-refractivity contribution in [3.8, 4) is 0 Å². The van der Waals surface area contributed by atoms with Crippen molar-refractivity contribution in [2.75, 3.05) is 13.1 Å². The standard InChI is InChI=1S/C17H20N2O5S/c1-12(17(21)22)19(10-9-18-13(2)20)25(23,24)16-8-7-14-5-3-4-6-15(14)11-16/h3-8,11-12H,9-10H2,1-2H3,(H,18,20)(H,21,22). The van der Waals surface area contributed by atoms with Crippen LogP contribution in [-0.4, -0.2) is 48.8 Å². The molecule has 1 atom stereocenters. The van der Waals surface area contributed by atoms with Crippen LogP contribution < -0.4 is 5.32 Å². The van der Waals surface area contributed by atoms with E-state index in [0.717, 1.165) is 15.1 Å². The van der Waals surface area contributed by atoms with Crippen LogP contribution in [0.1, 0.15) is 13.8 Å². The molecule has 0 aliphatic rings. The molecule has 25 heavy (non-hydrogen) atoms. The Kier molecular flexibility index (Phi) is 5.76. The topological polar surface area (TPSA) is 104 Å². The van der Waals surface area contributed by atoms with Crippen molar-refractivity contribution >= 4 is 32.7 Å². The zero-order valence-corrected chi connectivity index (χ0v) is 14.8. The van der Waals surface area contributed by atoms with E-state index in [1.807, 2.05) is 12.1 Å². The molecule has 0 fully saturated rings. The van der Waals surface area contributed by atoms with Crippen molar-refractivity contribution in [3.63, 3.8) is 0 Å². The molecule has 2 N–H and O–H groups in total. The molecular weight excluding hydrogens is 344 g/mol. The molecule has 8 heteroatoms. The summed E-state index contributed by atoms with van der Waals surface area (Å²) < 4.78 is 26.8. The Morgan fingerprint density at radius 2 is 1.80 bits per heavy atom. The van der Waals surface area contributed by atoms with Gasteiger partial charge in [-0.25, -0.2) is 8.42 Å². The molecule has 2 aromatic carbocycles. The van der Waals surface area contributed by atoms with Crippen LogP contribution in [0.5, 0.6) is 0 Å². The minimum absolute atomic E-state index is 0.0159. The number of carboxylic acids is 1. The lowest BCUT2D eigenvalue weighted by Crippen LogP contribution is -2.46. The fourth-order valence-electron chi connectivity index (χ4n) is 2.45. The highest BCUT2D eigenvalue weighted by atomic mass is 32.2. The molecule has 2 aromatic rings. The van der Waals surface area contributed by atoms with Crippen LogP contribution in [0.15, 0.2) is 47.4 Å². The summed E-state index contributed by atoms with van der Waals surface area (Å²) >= 11 is 0. The Hall–Kier alpha value is -2.45. The van der Waals surface area contributed by atoms with Crippen LogP contribution in [0.25, 0.3) is 10.8 Å². The van der Waals surface area contributed by atoms with Crippen LogP contribution in [0.4, 0.5) is 0 Å². The third kappa shape index (κ3) is 4.34. The number of rotatable bonds is 7. The summed E-state index contributed by atoms with van der Waals surface area (Å²) in [4.78, 5) is 22.4. The first-order valence-corrected chi connectivity index (χ1v) is 9.15.